The van der Waals surface area contributed by atoms with Gasteiger partial charge in [-0.25, -0.2) is 8.42 Å². The molecule has 2 amide bonds. The molecule has 0 unspecified atom stereocenters. The highest BCUT2D eigenvalue weighted by atomic mass is 35.5. The second kappa shape index (κ2) is 13.9. The summed E-state index contributed by atoms with van der Waals surface area (Å²) in [5.74, 6) is -0.722. The number of ether oxygens (including phenoxy) is 1. The number of hydrogen-bond donors (Lipinski definition) is 1. The van der Waals surface area contributed by atoms with Crippen molar-refractivity contribution in [3.63, 3.8) is 0 Å². The van der Waals surface area contributed by atoms with E-state index in [-0.39, 0.29) is 29.4 Å². The third-order valence-electron chi connectivity index (χ3n) is 6.40. The van der Waals surface area contributed by atoms with Crippen molar-refractivity contribution in [1.82, 2.24) is 10.2 Å². The Bertz CT molecular complexity index is 1490. The molecular formula is C29H31ClF3N3O5S. The maximum Gasteiger partial charge on any atom is 0.416 e. The number of anilines is 1. The largest absolute Gasteiger partial charge is 0.497 e. The van der Waals surface area contributed by atoms with E-state index < -0.39 is 51.9 Å². The molecule has 3 aromatic carbocycles. The highest BCUT2D eigenvalue weighted by Gasteiger charge is 2.36. The number of halogens is 4. The fourth-order valence-electron chi connectivity index (χ4n) is 4.25. The minimum atomic E-state index is -4.81. The van der Waals surface area contributed by atoms with Crippen LogP contribution in [-0.2, 0) is 32.3 Å². The number of alkyl halides is 3. The zero-order valence-corrected chi connectivity index (χ0v) is 24.8. The summed E-state index contributed by atoms with van der Waals surface area (Å²) in [5, 5.41) is 2.37. The Balaban J connectivity index is 2.14. The van der Waals surface area contributed by atoms with Gasteiger partial charge in [-0.2, -0.15) is 13.2 Å². The number of amides is 2. The van der Waals surface area contributed by atoms with Gasteiger partial charge in [0.2, 0.25) is 11.8 Å². The van der Waals surface area contributed by atoms with Gasteiger partial charge in [0.05, 0.1) is 28.3 Å². The Labute approximate surface area is 248 Å². The second-order valence-corrected chi connectivity index (χ2v) is 11.4. The van der Waals surface area contributed by atoms with Crippen LogP contribution in [0.1, 0.15) is 31.4 Å². The topological polar surface area (TPSA) is 96.0 Å². The van der Waals surface area contributed by atoms with E-state index >= 15 is 0 Å². The van der Waals surface area contributed by atoms with Gasteiger partial charge in [0.1, 0.15) is 18.3 Å². The number of methoxy groups -OCH3 is 1. The first-order valence-electron chi connectivity index (χ1n) is 13.0. The fourth-order valence-corrected chi connectivity index (χ4v) is 5.97. The number of carbonyl (C=O) groups is 2. The lowest BCUT2D eigenvalue weighted by Gasteiger charge is -2.33. The zero-order valence-electron chi connectivity index (χ0n) is 23.2. The van der Waals surface area contributed by atoms with Crippen molar-refractivity contribution in [2.24, 2.45) is 0 Å². The SMILES string of the molecule is CCNC(=O)[C@H](CC)N(Cc1ccc(OC)cc1)C(=O)CN(c1cc(C(F)(F)F)ccc1Cl)S(=O)(=O)c1ccccc1. The van der Waals surface area contributed by atoms with Crippen LogP contribution >= 0.6 is 11.6 Å². The molecule has 0 saturated carbocycles. The summed E-state index contributed by atoms with van der Waals surface area (Å²) in [5.41, 5.74) is -1.06. The summed E-state index contributed by atoms with van der Waals surface area (Å²) in [4.78, 5) is 27.9. The van der Waals surface area contributed by atoms with E-state index in [1.807, 2.05) is 0 Å². The minimum absolute atomic E-state index is 0.0893. The number of carbonyl (C=O) groups excluding carboxylic acids is 2. The smallest absolute Gasteiger partial charge is 0.416 e. The molecule has 0 fully saturated rings. The van der Waals surface area contributed by atoms with E-state index in [4.69, 9.17) is 16.3 Å². The average molecular weight is 626 g/mol. The summed E-state index contributed by atoms with van der Waals surface area (Å²) in [6.07, 6.45) is -4.62. The highest BCUT2D eigenvalue weighted by molar-refractivity contribution is 7.92. The van der Waals surface area contributed by atoms with Gasteiger partial charge >= 0.3 is 6.18 Å². The Morgan fingerprint density at radius 1 is 1.00 bits per heavy atom. The van der Waals surface area contributed by atoms with Crippen LogP contribution in [0.15, 0.2) is 77.7 Å². The van der Waals surface area contributed by atoms with E-state index in [1.54, 1.807) is 44.2 Å². The number of hydrogen-bond acceptors (Lipinski definition) is 5. The van der Waals surface area contributed by atoms with Gasteiger partial charge in [0.25, 0.3) is 10.0 Å². The average Bonchev–Trinajstić information content (AvgIpc) is 2.96. The van der Waals surface area contributed by atoms with Crippen LogP contribution in [0, 0.1) is 0 Å². The number of likely N-dealkylation sites (N-methyl/N-ethyl adjacent to an activating group) is 1. The van der Waals surface area contributed by atoms with Crippen molar-refractivity contribution in [3.8, 4) is 5.75 Å². The standard InChI is InChI=1S/C29H31ClF3N3O5S/c1-4-25(28(38)34-5-2)35(18-20-11-14-22(41-3)15-12-20)27(37)19-36(42(39,40)23-9-7-6-8-10-23)26-17-21(29(31,32)33)13-16-24(26)30/h6-17,25H,4-5,18-19H2,1-3H3,(H,34,38)/t25-/m0/s1. The molecule has 3 rings (SSSR count). The molecule has 0 heterocycles. The zero-order chi connectivity index (χ0) is 31.1. The number of nitrogens with one attached hydrogen (secondary N) is 1. The molecule has 1 atom stereocenters. The van der Waals surface area contributed by atoms with Crippen LogP contribution in [0.3, 0.4) is 0 Å². The van der Waals surface area contributed by atoms with Gasteiger partial charge in [-0.1, -0.05) is 48.9 Å². The lowest BCUT2D eigenvalue weighted by Crippen LogP contribution is -2.52. The normalized spacial score (nSPS) is 12.4. The van der Waals surface area contributed by atoms with Crippen molar-refractivity contribution >= 4 is 39.1 Å². The molecule has 8 nitrogen and oxygen atoms in total. The van der Waals surface area contributed by atoms with Gasteiger partial charge in [-0.05, 0) is 61.4 Å². The fraction of sp³-hybridized carbons (Fsp3) is 0.310. The first kappa shape index (κ1) is 32.7. The van der Waals surface area contributed by atoms with Crippen LogP contribution in [0.2, 0.25) is 5.02 Å². The lowest BCUT2D eigenvalue weighted by molar-refractivity contribution is -0.140. The molecule has 0 spiro atoms. The van der Waals surface area contributed by atoms with Crippen LogP contribution in [-0.4, -0.2) is 51.4 Å². The summed E-state index contributed by atoms with van der Waals surface area (Å²) < 4.78 is 74.3. The van der Waals surface area contributed by atoms with Crippen molar-refractivity contribution in [2.75, 3.05) is 24.5 Å². The summed E-state index contributed by atoms with van der Waals surface area (Å²) in [7, 11) is -3.10. The van der Waals surface area contributed by atoms with Crippen molar-refractivity contribution in [2.45, 2.75) is 43.9 Å². The molecule has 1 N–H and O–H groups in total. The maximum absolute atomic E-state index is 14.0. The number of benzene rings is 3. The van der Waals surface area contributed by atoms with Crippen LogP contribution in [0.25, 0.3) is 0 Å². The third-order valence-corrected chi connectivity index (χ3v) is 8.49. The Hall–Kier alpha value is -3.77. The summed E-state index contributed by atoms with van der Waals surface area (Å²) in [6.45, 7) is 2.67. The quantitative estimate of drug-likeness (QED) is 0.287. The van der Waals surface area contributed by atoms with Crippen molar-refractivity contribution < 1.29 is 35.9 Å². The van der Waals surface area contributed by atoms with Crippen molar-refractivity contribution in [1.29, 1.82) is 0 Å². The molecule has 13 heteroatoms. The molecule has 0 radical (unpaired) electrons. The van der Waals surface area contributed by atoms with Crippen LogP contribution < -0.4 is 14.4 Å². The van der Waals surface area contributed by atoms with E-state index in [9.17, 15) is 31.2 Å². The van der Waals surface area contributed by atoms with Gasteiger partial charge in [0, 0.05) is 13.1 Å². The molecule has 226 valence electrons. The molecule has 0 aliphatic rings. The molecule has 0 aliphatic heterocycles. The predicted molar refractivity (Wildman–Crippen MR) is 154 cm³/mol. The first-order chi connectivity index (χ1) is 19.8. The van der Waals surface area contributed by atoms with Gasteiger partial charge in [0.15, 0.2) is 0 Å². The monoisotopic (exact) mass is 625 g/mol. The lowest BCUT2D eigenvalue weighted by atomic mass is 10.1. The highest BCUT2D eigenvalue weighted by Crippen LogP contribution is 2.37. The molecule has 0 bridgehead atoms. The van der Waals surface area contributed by atoms with E-state index in [0.717, 1.165) is 12.1 Å². The molecule has 0 saturated heterocycles. The molecule has 3 aromatic rings. The molecule has 0 aromatic heterocycles. The number of nitrogens with zero attached hydrogens (tertiary/aromatic N) is 2. The number of sulfonamides is 1. The Morgan fingerprint density at radius 2 is 1.64 bits per heavy atom. The van der Waals surface area contributed by atoms with E-state index in [2.05, 4.69) is 5.32 Å². The molecular weight excluding hydrogens is 595 g/mol. The van der Waals surface area contributed by atoms with Crippen LogP contribution in [0.4, 0.5) is 18.9 Å². The maximum atomic E-state index is 14.0. The Morgan fingerprint density at radius 3 is 2.19 bits per heavy atom. The molecule has 42 heavy (non-hydrogen) atoms. The van der Waals surface area contributed by atoms with E-state index in [0.29, 0.717) is 21.7 Å². The van der Waals surface area contributed by atoms with Gasteiger partial charge in [-0.3, -0.25) is 13.9 Å². The van der Waals surface area contributed by atoms with Crippen LogP contribution in [0.5, 0.6) is 5.75 Å². The van der Waals surface area contributed by atoms with E-state index in [1.165, 1.54) is 36.3 Å². The first-order valence-corrected chi connectivity index (χ1v) is 14.8. The molecule has 0 aliphatic carbocycles. The summed E-state index contributed by atoms with van der Waals surface area (Å²) >= 11 is 6.26. The van der Waals surface area contributed by atoms with Gasteiger partial charge in [-0.15, -0.1) is 0 Å². The van der Waals surface area contributed by atoms with Crippen molar-refractivity contribution in [3.05, 3.63) is 88.9 Å². The third kappa shape index (κ3) is 7.74. The van der Waals surface area contributed by atoms with Gasteiger partial charge < -0.3 is 15.0 Å². The minimum Gasteiger partial charge on any atom is -0.497 e. The Kier molecular flexibility index (Phi) is 10.9. The summed E-state index contributed by atoms with van der Waals surface area (Å²) in [6, 6.07) is 14.9. The predicted octanol–water partition coefficient (Wildman–Crippen LogP) is 5.51. The number of rotatable bonds is 12. The second-order valence-electron chi connectivity index (χ2n) is 9.18.